The van der Waals surface area contributed by atoms with E-state index in [0.717, 1.165) is 5.69 Å². The zero-order valence-electron chi connectivity index (χ0n) is 15.3. The van der Waals surface area contributed by atoms with Gasteiger partial charge in [-0.15, -0.1) is 0 Å². The Balaban J connectivity index is 1.96. The Morgan fingerprint density at radius 1 is 0.962 bits per heavy atom. The summed E-state index contributed by atoms with van der Waals surface area (Å²) < 4.78 is 0. The number of hydrogen-bond donors (Lipinski definition) is 2. The van der Waals surface area contributed by atoms with E-state index in [1.165, 1.54) is 0 Å². The summed E-state index contributed by atoms with van der Waals surface area (Å²) in [6.45, 7) is 7.16. The highest BCUT2D eigenvalue weighted by molar-refractivity contribution is 6.30. The number of carbonyl (C=O) groups is 2. The Morgan fingerprint density at radius 3 is 2.04 bits per heavy atom. The number of likely N-dealkylation sites (N-methyl/N-ethyl adjacent to an activating group) is 1. The fourth-order valence-electron chi connectivity index (χ4n) is 2.58. The van der Waals surface area contributed by atoms with Crippen molar-refractivity contribution in [1.82, 2.24) is 4.90 Å². The van der Waals surface area contributed by atoms with Crippen molar-refractivity contribution in [1.29, 1.82) is 0 Å². The molecule has 138 valence electrons. The first-order valence-corrected chi connectivity index (χ1v) is 9.04. The van der Waals surface area contributed by atoms with Gasteiger partial charge in [-0.2, -0.15) is 0 Å². The Kier molecular flexibility index (Phi) is 7.04. The summed E-state index contributed by atoms with van der Waals surface area (Å²) >= 11 is 5.83. The number of rotatable bonds is 7. The van der Waals surface area contributed by atoms with Gasteiger partial charge in [-0.25, -0.2) is 0 Å². The zero-order chi connectivity index (χ0) is 19.1. The summed E-state index contributed by atoms with van der Waals surface area (Å²) in [7, 11) is 0. The lowest BCUT2D eigenvalue weighted by atomic mass is 10.2. The van der Waals surface area contributed by atoms with Gasteiger partial charge in [0, 0.05) is 35.1 Å². The van der Waals surface area contributed by atoms with Crippen LogP contribution < -0.4 is 10.6 Å². The summed E-state index contributed by atoms with van der Waals surface area (Å²) in [6.07, 6.45) is 0. The summed E-state index contributed by atoms with van der Waals surface area (Å²) in [4.78, 5) is 26.3. The number of amides is 2. The van der Waals surface area contributed by atoms with Crippen molar-refractivity contribution in [2.45, 2.75) is 26.8 Å². The van der Waals surface area contributed by atoms with Gasteiger partial charge in [0.1, 0.15) is 6.04 Å². The lowest BCUT2D eigenvalue weighted by Crippen LogP contribution is -2.41. The molecule has 2 rings (SSSR count). The summed E-state index contributed by atoms with van der Waals surface area (Å²) in [5.41, 5.74) is 2.04. The molecule has 2 aromatic rings. The van der Waals surface area contributed by atoms with Crippen molar-refractivity contribution >= 4 is 34.8 Å². The lowest BCUT2D eigenvalue weighted by Gasteiger charge is -2.24. The molecule has 2 aromatic carbocycles. The van der Waals surface area contributed by atoms with Crippen molar-refractivity contribution in [2.24, 2.45) is 0 Å². The third kappa shape index (κ3) is 5.23. The van der Waals surface area contributed by atoms with Gasteiger partial charge in [0.25, 0.3) is 5.91 Å². The van der Waals surface area contributed by atoms with E-state index < -0.39 is 0 Å². The van der Waals surface area contributed by atoms with E-state index in [1.807, 2.05) is 32.9 Å². The van der Waals surface area contributed by atoms with E-state index in [4.69, 9.17) is 11.6 Å². The fraction of sp³-hybridized carbons (Fsp3) is 0.300. The van der Waals surface area contributed by atoms with Crippen molar-refractivity contribution in [3.8, 4) is 0 Å². The Labute approximate surface area is 159 Å². The topological polar surface area (TPSA) is 61.4 Å². The number of hydrogen-bond acceptors (Lipinski definition) is 3. The monoisotopic (exact) mass is 373 g/mol. The molecule has 26 heavy (non-hydrogen) atoms. The van der Waals surface area contributed by atoms with Crippen molar-refractivity contribution in [3.05, 3.63) is 59.1 Å². The van der Waals surface area contributed by atoms with Crippen LogP contribution in [-0.2, 0) is 4.79 Å². The van der Waals surface area contributed by atoms with Gasteiger partial charge >= 0.3 is 0 Å². The smallest absolute Gasteiger partial charge is 0.255 e. The quantitative estimate of drug-likeness (QED) is 0.762. The van der Waals surface area contributed by atoms with E-state index in [2.05, 4.69) is 10.6 Å². The standard InChI is InChI=1S/C20H24ClN3O2/c1-4-24(5-2)20(26)14(3)22-17-10-12-18(13-11-17)23-19(25)15-6-8-16(21)9-7-15/h6-14,22H,4-5H2,1-3H3,(H,23,25). The Hall–Kier alpha value is -2.53. The van der Waals surface area contributed by atoms with Crippen LogP contribution in [0.5, 0.6) is 0 Å². The normalized spacial score (nSPS) is 11.5. The van der Waals surface area contributed by atoms with Gasteiger partial charge in [0.2, 0.25) is 5.91 Å². The number of benzene rings is 2. The average Bonchev–Trinajstić information content (AvgIpc) is 2.64. The second-order valence-electron chi connectivity index (χ2n) is 5.91. The molecule has 0 heterocycles. The molecular weight excluding hydrogens is 350 g/mol. The maximum Gasteiger partial charge on any atom is 0.255 e. The molecule has 1 atom stereocenters. The van der Waals surface area contributed by atoms with Crippen LogP contribution in [-0.4, -0.2) is 35.8 Å². The predicted molar refractivity (Wildman–Crippen MR) is 107 cm³/mol. The molecule has 0 fully saturated rings. The molecule has 6 heteroatoms. The van der Waals surface area contributed by atoms with E-state index in [0.29, 0.717) is 29.4 Å². The second-order valence-corrected chi connectivity index (χ2v) is 6.35. The minimum Gasteiger partial charge on any atom is -0.374 e. The van der Waals surface area contributed by atoms with E-state index in [1.54, 1.807) is 41.3 Å². The third-order valence-electron chi connectivity index (χ3n) is 4.08. The van der Waals surface area contributed by atoms with Crippen LogP contribution in [0, 0.1) is 0 Å². The molecule has 0 saturated heterocycles. The number of anilines is 2. The van der Waals surface area contributed by atoms with Crippen molar-refractivity contribution in [3.63, 3.8) is 0 Å². The van der Waals surface area contributed by atoms with E-state index in [9.17, 15) is 9.59 Å². The fourth-order valence-corrected chi connectivity index (χ4v) is 2.70. The van der Waals surface area contributed by atoms with Crippen LogP contribution >= 0.6 is 11.6 Å². The van der Waals surface area contributed by atoms with Crippen molar-refractivity contribution in [2.75, 3.05) is 23.7 Å². The molecule has 2 amide bonds. The number of nitrogens with one attached hydrogen (secondary N) is 2. The first-order valence-electron chi connectivity index (χ1n) is 8.66. The highest BCUT2D eigenvalue weighted by atomic mass is 35.5. The lowest BCUT2D eigenvalue weighted by molar-refractivity contribution is -0.131. The third-order valence-corrected chi connectivity index (χ3v) is 4.33. The second kappa shape index (κ2) is 9.25. The van der Waals surface area contributed by atoms with Crippen LogP contribution in [0.25, 0.3) is 0 Å². The van der Waals surface area contributed by atoms with Gasteiger partial charge in [0.05, 0.1) is 0 Å². The highest BCUT2D eigenvalue weighted by Crippen LogP contribution is 2.17. The van der Waals surface area contributed by atoms with Gasteiger partial charge in [0.15, 0.2) is 0 Å². The van der Waals surface area contributed by atoms with Crippen LogP contribution in [0.2, 0.25) is 5.02 Å². The molecule has 0 bridgehead atoms. The maximum atomic E-state index is 12.3. The summed E-state index contributed by atoms with van der Waals surface area (Å²) in [5.74, 6) is -0.137. The van der Waals surface area contributed by atoms with Gasteiger partial charge in [-0.05, 0) is 69.3 Å². The average molecular weight is 374 g/mol. The van der Waals surface area contributed by atoms with Crippen molar-refractivity contribution < 1.29 is 9.59 Å². The maximum absolute atomic E-state index is 12.3. The Bertz CT molecular complexity index is 741. The zero-order valence-corrected chi connectivity index (χ0v) is 16.0. The molecule has 2 N–H and O–H groups in total. The first kappa shape index (κ1) is 19.8. The molecule has 0 aliphatic rings. The molecule has 0 radical (unpaired) electrons. The molecule has 1 unspecified atom stereocenters. The number of halogens is 1. The molecular formula is C20H24ClN3O2. The largest absolute Gasteiger partial charge is 0.374 e. The van der Waals surface area contributed by atoms with E-state index >= 15 is 0 Å². The molecule has 0 aromatic heterocycles. The Morgan fingerprint density at radius 2 is 1.50 bits per heavy atom. The highest BCUT2D eigenvalue weighted by Gasteiger charge is 2.17. The van der Waals surface area contributed by atoms with Crippen LogP contribution in [0.1, 0.15) is 31.1 Å². The van der Waals surface area contributed by atoms with Gasteiger partial charge in [-0.1, -0.05) is 11.6 Å². The predicted octanol–water partition coefficient (Wildman–Crippen LogP) is 4.26. The molecule has 0 saturated carbocycles. The van der Waals surface area contributed by atoms with Gasteiger partial charge < -0.3 is 15.5 Å². The van der Waals surface area contributed by atoms with Crippen LogP contribution in [0.4, 0.5) is 11.4 Å². The molecule has 0 aliphatic heterocycles. The van der Waals surface area contributed by atoms with Crippen LogP contribution in [0.15, 0.2) is 48.5 Å². The summed E-state index contributed by atoms with van der Waals surface area (Å²) in [6, 6.07) is 13.7. The summed E-state index contributed by atoms with van der Waals surface area (Å²) in [5, 5.41) is 6.61. The minimum absolute atomic E-state index is 0.0649. The van der Waals surface area contributed by atoms with Gasteiger partial charge in [-0.3, -0.25) is 9.59 Å². The minimum atomic E-state index is -0.315. The van der Waals surface area contributed by atoms with Crippen LogP contribution in [0.3, 0.4) is 0 Å². The first-order chi connectivity index (χ1) is 12.4. The number of carbonyl (C=O) groups excluding carboxylic acids is 2. The molecule has 0 aliphatic carbocycles. The van der Waals surface area contributed by atoms with E-state index in [-0.39, 0.29) is 17.9 Å². The number of nitrogens with zero attached hydrogens (tertiary/aromatic N) is 1. The SMILES string of the molecule is CCN(CC)C(=O)C(C)Nc1ccc(NC(=O)c2ccc(Cl)cc2)cc1. The molecule has 5 nitrogen and oxygen atoms in total. The molecule has 0 spiro atoms.